The van der Waals surface area contributed by atoms with E-state index in [1.807, 2.05) is 0 Å². The van der Waals surface area contributed by atoms with Crippen LogP contribution in [0.4, 0.5) is 0 Å². The summed E-state index contributed by atoms with van der Waals surface area (Å²) >= 11 is 0. The van der Waals surface area contributed by atoms with Crippen molar-refractivity contribution in [2.45, 2.75) is 31.7 Å². The molecule has 1 saturated heterocycles. The van der Waals surface area contributed by atoms with Crippen molar-refractivity contribution in [3.63, 3.8) is 0 Å². The molecular formula is C9H16ClNO2. The molecule has 0 amide bonds. The summed E-state index contributed by atoms with van der Waals surface area (Å²) in [6.07, 6.45) is 4.40. The Morgan fingerprint density at radius 3 is 2.77 bits per heavy atom. The smallest absolute Gasteiger partial charge is 0.307 e. The van der Waals surface area contributed by atoms with Crippen molar-refractivity contribution in [2.75, 3.05) is 13.7 Å². The van der Waals surface area contributed by atoms with Gasteiger partial charge in [0.25, 0.3) is 0 Å². The molecule has 76 valence electrons. The third-order valence-corrected chi connectivity index (χ3v) is 3.04. The highest BCUT2D eigenvalue weighted by atomic mass is 35.5. The van der Waals surface area contributed by atoms with Gasteiger partial charge in [0.1, 0.15) is 0 Å². The highest BCUT2D eigenvalue weighted by Gasteiger charge is 2.48. The number of carbonyl (C=O) groups is 1. The van der Waals surface area contributed by atoms with Crippen molar-refractivity contribution >= 4 is 18.4 Å². The maximum absolute atomic E-state index is 10.9. The number of hydrogen-bond acceptors (Lipinski definition) is 3. The van der Waals surface area contributed by atoms with Crippen molar-refractivity contribution in [3.05, 3.63) is 0 Å². The average molecular weight is 206 g/mol. The second kappa shape index (κ2) is 3.84. The van der Waals surface area contributed by atoms with Crippen LogP contribution in [-0.4, -0.2) is 25.7 Å². The first-order chi connectivity index (χ1) is 5.74. The van der Waals surface area contributed by atoms with Crippen molar-refractivity contribution in [1.82, 2.24) is 5.32 Å². The first-order valence-electron chi connectivity index (χ1n) is 4.54. The van der Waals surface area contributed by atoms with E-state index >= 15 is 0 Å². The molecule has 4 heteroatoms. The average Bonchev–Trinajstić information content (AvgIpc) is 2.68. The second-order valence-corrected chi connectivity index (χ2v) is 4.06. The molecule has 1 aliphatic heterocycles. The maximum Gasteiger partial charge on any atom is 0.307 e. The molecule has 2 rings (SSSR count). The van der Waals surface area contributed by atoms with Gasteiger partial charge in [0.2, 0.25) is 0 Å². The summed E-state index contributed by atoms with van der Waals surface area (Å²) in [6.45, 7) is 1.11. The summed E-state index contributed by atoms with van der Waals surface area (Å²) in [5, 5.41) is 3.37. The van der Waals surface area contributed by atoms with Crippen molar-refractivity contribution < 1.29 is 9.53 Å². The van der Waals surface area contributed by atoms with Crippen LogP contribution in [0.2, 0.25) is 0 Å². The van der Waals surface area contributed by atoms with Crippen LogP contribution in [0.5, 0.6) is 0 Å². The van der Waals surface area contributed by atoms with Gasteiger partial charge >= 0.3 is 5.97 Å². The first kappa shape index (κ1) is 10.8. The fourth-order valence-corrected chi connectivity index (χ4v) is 2.01. The van der Waals surface area contributed by atoms with Gasteiger partial charge in [-0.25, -0.2) is 0 Å². The molecule has 0 unspecified atom stereocenters. The van der Waals surface area contributed by atoms with E-state index in [9.17, 15) is 4.79 Å². The lowest BCUT2D eigenvalue weighted by Crippen LogP contribution is -2.24. The zero-order valence-corrected chi connectivity index (χ0v) is 8.65. The fraction of sp³-hybridized carbons (Fsp3) is 0.889. The largest absolute Gasteiger partial charge is 0.469 e. The summed E-state index contributed by atoms with van der Waals surface area (Å²) in [4.78, 5) is 10.9. The van der Waals surface area contributed by atoms with Crippen LogP contribution in [0.1, 0.15) is 25.7 Å². The molecule has 0 radical (unpaired) electrons. The number of ether oxygens (including phenoxy) is 1. The molecule has 1 atom stereocenters. The Morgan fingerprint density at radius 2 is 2.31 bits per heavy atom. The van der Waals surface area contributed by atoms with Crippen LogP contribution in [0, 0.1) is 5.41 Å². The summed E-state index contributed by atoms with van der Waals surface area (Å²) in [7, 11) is 1.45. The topological polar surface area (TPSA) is 38.3 Å². The van der Waals surface area contributed by atoms with E-state index in [-0.39, 0.29) is 18.4 Å². The Bertz CT molecular complexity index is 204. The summed E-state index contributed by atoms with van der Waals surface area (Å²) < 4.78 is 4.62. The Morgan fingerprint density at radius 1 is 1.62 bits per heavy atom. The highest BCUT2D eigenvalue weighted by molar-refractivity contribution is 5.85. The van der Waals surface area contributed by atoms with Gasteiger partial charge in [-0.2, -0.15) is 0 Å². The van der Waals surface area contributed by atoms with Gasteiger partial charge in [0.05, 0.1) is 13.5 Å². The van der Waals surface area contributed by atoms with E-state index in [0.29, 0.717) is 17.9 Å². The fourth-order valence-electron chi connectivity index (χ4n) is 2.01. The lowest BCUT2D eigenvalue weighted by atomic mass is 10.0. The minimum absolute atomic E-state index is 0. The number of hydrogen-bond donors (Lipinski definition) is 1. The first-order valence-corrected chi connectivity index (χ1v) is 4.54. The Labute approximate surface area is 84.6 Å². The third kappa shape index (κ3) is 2.35. The van der Waals surface area contributed by atoms with Crippen LogP contribution >= 0.6 is 12.4 Å². The lowest BCUT2D eigenvalue weighted by molar-refractivity contribution is -0.141. The molecule has 1 saturated carbocycles. The van der Waals surface area contributed by atoms with E-state index in [1.54, 1.807) is 0 Å². The molecule has 0 aromatic rings. The van der Waals surface area contributed by atoms with Crippen LogP contribution in [0.3, 0.4) is 0 Å². The second-order valence-electron chi connectivity index (χ2n) is 4.06. The lowest BCUT2D eigenvalue weighted by Gasteiger charge is -2.07. The highest BCUT2D eigenvalue weighted by Crippen LogP contribution is 2.52. The number of halogens is 1. The molecule has 1 spiro atoms. The van der Waals surface area contributed by atoms with E-state index in [1.165, 1.54) is 26.4 Å². The number of methoxy groups -OCH3 is 1. The van der Waals surface area contributed by atoms with E-state index in [2.05, 4.69) is 10.1 Å². The molecule has 1 aliphatic carbocycles. The number of esters is 1. The van der Waals surface area contributed by atoms with Crippen LogP contribution < -0.4 is 5.32 Å². The normalized spacial score (nSPS) is 28.2. The minimum atomic E-state index is -0.0924. The molecule has 13 heavy (non-hydrogen) atoms. The zero-order chi connectivity index (χ0) is 8.60. The molecular weight excluding hydrogens is 190 g/mol. The van der Waals surface area contributed by atoms with Crippen molar-refractivity contribution in [2.24, 2.45) is 5.41 Å². The van der Waals surface area contributed by atoms with Gasteiger partial charge in [-0.3, -0.25) is 4.79 Å². The number of rotatable bonds is 2. The SMILES string of the molecule is COC(=O)C[C@@H]1CC2(CC2)CN1.Cl. The standard InChI is InChI=1S/C9H15NO2.ClH/c1-12-8(11)4-7-5-9(2-3-9)6-10-7;/h7,10H,2-6H2,1H3;1H/t7-;/m1./s1. The number of carbonyl (C=O) groups excluding carboxylic acids is 1. The number of nitrogens with one attached hydrogen (secondary N) is 1. The molecule has 0 aromatic carbocycles. The predicted octanol–water partition coefficient (Wildman–Crippen LogP) is 1.11. The zero-order valence-electron chi connectivity index (χ0n) is 7.84. The van der Waals surface area contributed by atoms with Gasteiger partial charge in [0, 0.05) is 12.6 Å². The predicted molar refractivity (Wildman–Crippen MR) is 52.0 cm³/mol. The van der Waals surface area contributed by atoms with E-state index in [4.69, 9.17) is 0 Å². The summed E-state index contributed by atoms with van der Waals surface area (Å²) in [6, 6.07) is 0.375. The third-order valence-electron chi connectivity index (χ3n) is 3.04. The monoisotopic (exact) mass is 205 g/mol. The molecule has 2 fully saturated rings. The Balaban J connectivity index is 0.000000845. The maximum atomic E-state index is 10.9. The van der Waals surface area contributed by atoms with Crippen LogP contribution in [0.25, 0.3) is 0 Å². The van der Waals surface area contributed by atoms with Gasteiger partial charge in [-0.15, -0.1) is 12.4 Å². The van der Waals surface area contributed by atoms with Crippen LogP contribution in [0.15, 0.2) is 0 Å². The Hall–Kier alpha value is -0.280. The molecule has 0 bridgehead atoms. The van der Waals surface area contributed by atoms with Gasteiger partial charge in [0.15, 0.2) is 0 Å². The molecule has 1 heterocycles. The van der Waals surface area contributed by atoms with Crippen molar-refractivity contribution in [1.29, 1.82) is 0 Å². The van der Waals surface area contributed by atoms with E-state index in [0.717, 1.165) is 6.54 Å². The van der Waals surface area contributed by atoms with Crippen LogP contribution in [-0.2, 0) is 9.53 Å². The quantitative estimate of drug-likeness (QED) is 0.687. The summed E-state index contributed by atoms with van der Waals surface area (Å²) in [5.74, 6) is -0.0924. The van der Waals surface area contributed by atoms with E-state index < -0.39 is 0 Å². The van der Waals surface area contributed by atoms with Gasteiger partial charge < -0.3 is 10.1 Å². The van der Waals surface area contributed by atoms with Gasteiger partial charge in [-0.05, 0) is 24.7 Å². The Kier molecular flexibility index (Phi) is 3.19. The molecule has 2 aliphatic rings. The van der Waals surface area contributed by atoms with Crippen molar-refractivity contribution in [3.8, 4) is 0 Å². The molecule has 3 nitrogen and oxygen atoms in total. The molecule has 1 N–H and O–H groups in total. The summed E-state index contributed by atoms with van der Waals surface area (Å²) in [5.41, 5.74) is 0.582. The van der Waals surface area contributed by atoms with Gasteiger partial charge in [-0.1, -0.05) is 0 Å². The minimum Gasteiger partial charge on any atom is -0.469 e. The molecule has 0 aromatic heterocycles.